The summed E-state index contributed by atoms with van der Waals surface area (Å²) in [6.07, 6.45) is -0.437. The summed E-state index contributed by atoms with van der Waals surface area (Å²) in [6.45, 7) is 1.93. The van der Waals surface area contributed by atoms with Crippen molar-refractivity contribution in [2.24, 2.45) is 11.8 Å². The molecule has 3 aromatic rings. The maximum Gasteiger partial charge on any atom is 0.241 e. The van der Waals surface area contributed by atoms with Crippen LogP contribution in [-0.2, 0) is 20.7 Å². The number of nitrogens with zero attached hydrogens (tertiary/aromatic N) is 1. The molecule has 7 heteroatoms. The maximum atomic E-state index is 14.0. The fourth-order valence-corrected chi connectivity index (χ4v) is 6.01. The molecule has 174 valence electrons. The number of hydrogen-bond acceptors (Lipinski definition) is 5. The van der Waals surface area contributed by atoms with E-state index in [4.69, 9.17) is 16.3 Å². The molecule has 35 heavy (non-hydrogen) atoms. The molecule has 2 amide bonds. The highest BCUT2D eigenvalue weighted by atomic mass is 35.5. The van der Waals surface area contributed by atoms with Gasteiger partial charge in [0, 0.05) is 21.7 Å². The van der Waals surface area contributed by atoms with Gasteiger partial charge in [-0.15, -0.1) is 0 Å². The average molecular weight is 486 g/mol. The van der Waals surface area contributed by atoms with Gasteiger partial charge in [0.05, 0.1) is 23.6 Å². The third kappa shape index (κ3) is 2.75. The number of ether oxygens (including phenoxy) is 1. The largest absolute Gasteiger partial charge is 0.349 e. The Morgan fingerprint density at radius 1 is 0.829 bits per heavy atom. The lowest BCUT2D eigenvalue weighted by molar-refractivity contribution is -0.127. The van der Waals surface area contributed by atoms with Crippen LogP contribution in [0.1, 0.15) is 44.9 Å². The van der Waals surface area contributed by atoms with Gasteiger partial charge in [-0.1, -0.05) is 79.2 Å². The summed E-state index contributed by atoms with van der Waals surface area (Å²) >= 11 is 6.48. The SMILES string of the molecule is CCc1ccccc1N1C(=O)[C@H]2[C@@H](c3ccccc3Cl)OC3(C(=O)c4ccccc4C3=O)[C@H]2C1=O. The highest BCUT2D eigenvalue weighted by Crippen LogP contribution is 2.58. The zero-order valence-electron chi connectivity index (χ0n) is 18.7. The predicted octanol–water partition coefficient (Wildman–Crippen LogP) is 4.60. The number of carbonyl (C=O) groups is 4. The lowest BCUT2D eigenvalue weighted by Gasteiger charge is -2.28. The van der Waals surface area contributed by atoms with E-state index >= 15 is 0 Å². The lowest BCUT2D eigenvalue weighted by atomic mass is 9.77. The number of halogens is 1. The topological polar surface area (TPSA) is 80.8 Å². The van der Waals surface area contributed by atoms with Gasteiger partial charge in [0.25, 0.3) is 0 Å². The second kappa shape index (κ2) is 7.70. The van der Waals surface area contributed by atoms with Crippen molar-refractivity contribution in [1.82, 2.24) is 0 Å². The number of benzene rings is 3. The molecule has 1 spiro atoms. The molecule has 0 radical (unpaired) electrons. The normalized spacial score (nSPS) is 24.4. The van der Waals surface area contributed by atoms with Gasteiger partial charge in [-0.25, -0.2) is 4.90 Å². The van der Waals surface area contributed by atoms with Crippen molar-refractivity contribution in [3.8, 4) is 0 Å². The van der Waals surface area contributed by atoms with E-state index in [0.717, 1.165) is 10.5 Å². The number of ketones is 2. The van der Waals surface area contributed by atoms with Crippen molar-refractivity contribution in [2.45, 2.75) is 25.0 Å². The molecule has 3 aliphatic rings. The third-order valence-electron chi connectivity index (χ3n) is 7.34. The molecule has 0 aromatic heterocycles. The van der Waals surface area contributed by atoms with E-state index in [2.05, 4.69) is 0 Å². The van der Waals surface area contributed by atoms with E-state index in [9.17, 15) is 19.2 Å². The number of para-hydroxylation sites is 1. The Balaban J connectivity index is 1.57. The summed E-state index contributed by atoms with van der Waals surface area (Å²) in [7, 11) is 0. The number of Topliss-reactive ketones (excluding diaryl/α,β-unsaturated/α-hetero) is 2. The maximum absolute atomic E-state index is 14.0. The third-order valence-corrected chi connectivity index (χ3v) is 7.69. The van der Waals surface area contributed by atoms with Crippen molar-refractivity contribution < 1.29 is 23.9 Å². The van der Waals surface area contributed by atoms with Crippen LogP contribution in [0.4, 0.5) is 5.69 Å². The highest BCUT2D eigenvalue weighted by Gasteiger charge is 2.75. The van der Waals surface area contributed by atoms with Crippen molar-refractivity contribution in [2.75, 3.05) is 4.90 Å². The summed E-state index contributed by atoms with van der Waals surface area (Å²) in [6, 6.07) is 20.4. The molecule has 3 atom stereocenters. The van der Waals surface area contributed by atoms with Crippen molar-refractivity contribution in [3.05, 3.63) is 100 Å². The van der Waals surface area contributed by atoms with E-state index in [1.54, 1.807) is 60.7 Å². The Morgan fingerprint density at radius 2 is 1.43 bits per heavy atom. The van der Waals surface area contributed by atoms with Gasteiger partial charge in [0.2, 0.25) is 29.0 Å². The number of hydrogen-bond donors (Lipinski definition) is 0. The Bertz CT molecular complexity index is 1410. The van der Waals surface area contributed by atoms with Gasteiger partial charge in [-0.2, -0.15) is 0 Å². The Kier molecular flexibility index (Phi) is 4.82. The molecule has 2 fully saturated rings. The van der Waals surface area contributed by atoms with Gasteiger partial charge in [-0.3, -0.25) is 19.2 Å². The second-order valence-corrected chi connectivity index (χ2v) is 9.40. The smallest absolute Gasteiger partial charge is 0.241 e. The van der Waals surface area contributed by atoms with Gasteiger partial charge < -0.3 is 4.74 Å². The van der Waals surface area contributed by atoms with Gasteiger partial charge in [0.15, 0.2) is 0 Å². The standard InChI is InChI=1S/C28H20ClNO5/c1-2-15-9-3-8-14-20(15)30-26(33)21-22(27(30)34)28(35-23(21)18-12-6-7-13-19(18)29)24(31)16-10-4-5-11-17(16)25(28)32/h3-14,21-23H,2H2,1H3/t21-,22-,23-/m1/s1. The lowest BCUT2D eigenvalue weighted by Crippen LogP contribution is -2.51. The number of carbonyl (C=O) groups excluding carboxylic acids is 4. The van der Waals surface area contributed by atoms with E-state index < -0.39 is 46.9 Å². The molecule has 0 unspecified atom stereocenters. The minimum Gasteiger partial charge on any atom is -0.349 e. The fraction of sp³-hybridized carbons (Fsp3) is 0.214. The molecule has 0 N–H and O–H groups in total. The zero-order valence-corrected chi connectivity index (χ0v) is 19.5. The van der Waals surface area contributed by atoms with Gasteiger partial charge >= 0.3 is 0 Å². The molecule has 6 rings (SSSR count). The number of rotatable bonds is 3. The van der Waals surface area contributed by atoms with E-state index in [1.165, 1.54) is 0 Å². The zero-order chi connectivity index (χ0) is 24.5. The number of fused-ring (bicyclic) bond motifs is 3. The first-order chi connectivity index (χ1) is 16.9. The molecule has 2 saturated heterocycles. The molecular weight excluding hydrogens is 466 g/mol. The summed E-state index contributed by atoms with van der Waals surface area (Å²) in [4.78, 5) is 56.7. The van der Waals surface area contributed by atoms with Crippen LogP contribution in [0, 0.1) is 11.8 Å². The fourth-order valence-electron chi connectivity index (χ4n) is 5.77. The Morgan fingerprint density at radius 3 is 2.09 bits per heavy atom. The molecule has 0 bridgehead atoms. The molecular formula is C28H20ClNO5. The molecule has 3 aromatic carbocycles. The van der Waals surface area contributed by atoms with Crippen LogP contribution >= 0.6 is 11.6 Å². The monoisotopic (exact) mass is 485 g/mol. The molecule has 6 nitrogen and oxygen atoms in total. The number of anilines is 1. The van der Waals surface area contributed by atoms with Crippen molar-refractivity contribution in [3.63, 3.8) is 0 Å². The minimum absolute atomic E-state index is 0.198. The first kappa shape index (κ1) is 21.9. The first-order valence-electron chi connectivity index (χ1n) is 11.5. The summed E-state index contributed by atoms with van der Waals surface area (Å²) in [5, 5.41) is 0.330. The Labute approximate surface area is 206 Å². The van der Waals surface area contributed by atoms with Crippen LogP contribution < -0.4 is 4.90 Å². The van der Waals surface area contributed by atoms with E-state index in [0.29, 0.717) is 22.7 Å². The average Bonchev–Trinajstić information content (AvgIpc) is 3.44. The van der Waals surface area contributed by atoms with Crippen LogP contribution in [0.3, 0.4) is 0 Å². The summed E-state index contributed by atoms with van der Waals surface area (Å²) in [5.74, 6) is -4.66. The highest BCUT2D eigenvalue weighted by molar-refractivity contribution is 6.37. The first-order valence-corrected chi connectivity index (χ1v) is 11.9. The van der Waals surface area contributed by atoms with Crippen molar-refractivity contribution in [1.29, 1.82) is 0 Å². The summed E-state index contributed by atoms with van der Waals surface area (Å²) in [5.41, 5.74) is 0.0198. The second-order valence-electron chi connectivity index (χ2n) is 9.00. The number of aryl methyl sites for hydroxylation is 1. The minimum atomic E-state index is -2.11. The van der Waals surface area contributed by atoms with Gasteiger partial charge in [-0.05, 0) is 24.1 Å². The van der Waals surface area contributed by atoms with Crippen LogP contribution in [0.2, 0.25) is 5.02 Å². The van der Waals surface area contributed by atoms with Crippen LogP contribution in [0.15, 0.2) is 72.8 Å². The van der Waals surface area contributed by atoms with E-state index in [-0.39, 0.29) is 11.1 Å². The van der Waals surface area contributed by atoms with Crippen LogP contribution in [0.5, 0.6) is 0 Å². The van der Waals surface area contributed by atoms with Gasteiger partial charge in [0.1, 0.15) is 0 Å². The van der Waals surface area contributed by atoms with E-state index in [1.807, 2.05) is 19.1 Å². The Hall–Kier alpha value is -3.61. The van der Waals surface area contributed by atoms with Crippen molar-refractivity contribution >= 4 is 40.7 Å². The van der Waals surface area contributed by atoms with Crippen LogP contribution in [-0.4, -0.2) is 29.0 Å². The molecule has 1 aliphatic carbocycles. The number of amides is 2. The number of imide groups is 1. The quantitative estimate of drug-likeness (QED) is 0.400. The predicted molar refractivity (Wildman–Crippen MR) is 128 cm³/mol. The summed E-state index contributed by atoms with van der Waals surface area (Å²) < 4.78 is 6.28. The molecule has 2 heterocycles. The molecule has 0 saturated carbocycles. The molecule has 2 aliphatic heterocycles. The van der Waals surface area contributed by atoms with Crippen LogP contribution in [0.25, 0.3) is 0 Å².